The molecule has 5 nitrogen and oxygen atoms in total. The number of piperazine rings is 1. The summed E-state index contributed by atoms with van der Waals surface area (Å²) in [6, 6.07) is -0.182. The predicted octanol–water partition coefficient (Wildman–Crippen LogP) is 1.04. The molecule has 2 saturated heterocycles. The van der Waals surface area contributed by atoms with E-state index in [1.54, 1.807) is 0 Å². The van der Waals surface area contributed by atoms with Crippen LogP contribution in [0.3, 0.4) is 0 Å². The molecular weight excluding hydrogens is 300 g/mol. The molecule has 6 heteroatoms. The Bertz CT molecular complexity index is 386. The van der Waals surface area contributed by atoms with Crippen LogP contribution in [0.2, 0.25) is 0 Å². The Morgan fingerprint density at radius 3 is 2.59 bits per heavy atom. The number of carbonyl (C=O) groups excluding carboxylic acids is 1. The molecule has 3 aliphatic rings. The molecule has 2 aliphatic heterocycles. The predicted molar refractivity (Wildman–Crippen MR) is 88.7 cm³/mol. The molecule has 4 atom stereocenters. The van der Waals surface area contributed by atoms with Gasteiger partial charge >= 0.3 is 0 Å². The van der Waals surface area contributed by atoms with Crippen molar-refractivity contribution < 1.29 is 4.79 Å². The van der Waals surface area contributed by atoms with Gasteiger partial charge < -0.3 is 4.90 Å². The molecule has 4 unspecified atom stereocenters. The third kappa shape index (κ3) is 3.75. The largest absolute Gasteiger partial charge is 0.301 e. The Hall–Kier alpha value is -0.360. The SMILES string of the molecule is CC1CCCCC1CN1CCN(C2C(=O)NNCC2Cl)CC1. The van der Waals surface area contributed by atoms with Gasteiger partial charge in [0.25, 0.3) is 5.91 Å². The highest BCUT2D eigenvalue weighted by molar-refractivity contribution is 6.23. The lowest BCUT2D eigenvalue weighted by molar-refractivity contribution is -0.130. The van der Waals surface area contributed by atoms with Crippen molar-refractivity contribution in [2.75, 3.05) is 39.3 Å². The first-order valence-corrected chi connectivity index (χ1v) is 9.22. The molecule has 0 radical (unpaired) electrons. The van der Waals surface area contributed by atoms with Gasteiger partial charge in [-0.1, -0.05) is 26.2 Å². The number of hydrogen-bond donors (Lipinski definition) is 2. The number of hydrazine groups is 1. The molecule has 22 heavy (non-hydrogen) atoms. The van der Waals surface area contributed by atoms with Gasteiger partial charge in [-0.3, -0.25) is 15.1 Å². The first-order valence-electron chi connectivity index (χ1n) is 8.78. The molecule has 0 aromatic carbocycles. The second kappa shape index (κ2) is 7.47. The zero-order valence-electron chi connectivity index (χ0n) is 13.6. The molecule has 126 valence electrons. The number of halogens is 1. The highest BCUT2D eigenvalue weighted by Gasteiger charge is 2.37. The minimum Gasteiger partial charge on any atom is -0.301 e. The number of rotatable bonds is 3. The Labute approximate surface area is 138 Å². The van der Waals surface area contributed by atoms with Crippen LogP contribution in [0.25, 0.3) is 0 Å². The van der Waals surface area contributed by atoms with Gasteiger partial charge in [0, 0.05) is 39.3 Å². The van der Waals surface area contributed by atoms with Gasteiger partial charge in [0.1, 0.15) is 6.04 Å². The van der Waals surface area contributed by atoms with Crippen molar-refractivity contribution in [3.8, 4) is 0 Å². The van der Waals surface area contributed by atoms with E-state index in [9.17, 15) is 4.79 Å². The fraction of sp³-hybridized carbons (Fsp3) is 0.938. The number of amides is 1. The quantitative estimate of drug-likeness (QED) is 0.760. The summed E-state index contributed by atoms with van der Waals surface area (Å²) in [5, 5.41) is -0.140. The average Bonchev–Trinajstić information content (AvgIpc) is 2.51. The topological polar surface area (TPSA) is 47.6 Å². The third-order valence-corrected chi connectivity index (χ3v) is 6.09. The highest BCUT2D eigenvalue weighted by Crippen LogP contribution is 2.30. The number of carbonyl (C=O) groups is 1. The van der Waals surface area contributed by atoms with Crippen LogP contribution in [-0.2, 0) is 4.79 Å². The van der Waals surface area contributed by atoms with Crippen molar-refractivity contribution in [2.24, 2.45) is 11.8 Å². The van der Waals surface area contributed by atoms with Gasteiger partial charge in [0.15, 0.2) is 0 Å². The number of nitrogens with zero attached hydrogens (tertiary/aromatic N) is 2. The summed E-state index contributed by atoms with van der Waals surface area (Å²) >= 11 is 6.34. The minimum absolute atomic E-state index is 0.0144. The second-order valence-corrected chi connectivity index (χ2v) is 7.75. The molecule has 2 N–H and O–H groups in total. The van der Waals surface area contributed by atoms with E-state index in [1.165, 1.54) is 32.2 Å². The van der Waals surface area contributed by atoms with Crippen LogP contribution in [0.5, 0.6) is 0 Å². The van der Waals surface area contributed by atoms with E-state index in [-0.39, 0.29) is 17.3 Å². The summed E-state index contributed by atoms with van der Waals surface area (Å²) in [6.07, 6.45) is 5.60. The van der Waals surface area contributed by atoms with E-state index in [0.29, 0.717) is 6.54 Å². The van der Waals surface area contributed by atoms with Crippen LogP contribution in [0.4, 0.5) is 0 Å². The Balaban J connectivity index is 1.48. The van der Waals surface area contributed by atoms with Crippen LogP contribution < -0.4 is 10.9 Å². The highest BCUT2D eigenvalue weighted by atomic mass is 35.5. The fourth-order valence-corrected chi connectivity index (χ4v) is 4.55. The fourth-order valence-electron chi connectivity index (χ4n) is 4.20. The minimum atomic E-state index is -0.182. The van der Waals surface area contributed by atoms with E-state index in [1.807, 2.05) is 0 Å². The molecule has 1 amide bonds. The standard InChI is InChI=1S/C16H29ClN4O/c1-12-4-2-3-5-13(12)11-20-6-8-21(9-7-20)15-14(17)10-18-19-16(15)22/h12-15,18H,2-11H2,1H3,(H,19,22). The molecule has 0 bridgehead atoms. The van der Waals surface area contributed by atoms with Crippen molar-refractivity contribution in [2.45, 2.75) is 44.0 Å². The molecule has 1 aliphatic carbocycles. The summed E-state index contributed by atoms with van der Waals surface area (Å²) in [7, 11) is 0. The number of hydrogen-bond acceptors (Lipinski definition) is 4. The molecule has 0 aromatic heterocycles. The lowest BCUT2D eigenvalue weighted by Crippen LogP contribution is -2.65. The molecular formula is C16H29ClN4O. The second-order valence-electron chi connectivity index (χ2n) is 7.19. The van der Waals surface area contributed by atoms with Gasteiger partial charge in [-0.2, -0.15) is 0 Å². The smallest absolute Gasteiger partial charge is 0.253 e. The van der Waals surface area contributed by atoms with Crippen LogP contribution in [0.1, 0.15) is 32.6 Å². The summed E-state index contributed by atoms with van der Waals surface area (Å²) in [5.74, 6) is 1.75. The Morgan fingerprint density at radius 2 is 1.91 bits per heavy atom. The zero-order chi connectivity index (χ0) is 15.5. The maximum atomic E-state index is 12.0. The first-order chi connectivity index (χ1) is 10.6. The van der Waals surface area contributed by atoms with Crippen molar-refractivity contribution in [3.63, 3.8) is 0 Å². The lowest BCUT2D eigenvalue weighted by atomic mass is 9.80. The van der Waals surface area contributed by atoms with Gasteiger partial charge in [-0.25, -0.2) is 5.43 Å². The summed E-state index contributed by atoms with van der Waals surface area (Å²) in [5.41, 5.74) is 5.57. The monoisotopic (exact) mass is 328 g/mol. The van der Waals surface area contributed by atoms with E-state index in [2.05, 4.69) is 27.6 Å². The van der Waals surface area contributed by atoms with Crippen LogP contribution in [-0.4, -0.2) is 66.4 Å². The molecule has 3 fully saturated rings. The molecule has 0 aromatic rings. The van der Waals surface area contributed by atoms with E-state index >= 15 is 0 Å². The Kier molecular flexibility index (Phi) is 5.60. The van der Waals surface area contributed by atoms with Crippen molar-refractivity contribution in [1.82, 2.24) is 20.7 Å². The average molecular weight is 329 g/mol. The van der Waals surface area contributed by atoms with Gasteiger partial charge in [-0.05, 0) is 18.3 Å². The van der Waals surface area contributed by atoms with Crippen LogP contribution >= 0.6 is 11.6 Å². The molecule has 2 heterocycles. The number of nitrogens with one attached hydrogen (secondary N) is 2. The Morgan fingerprint density at radius 1 is 1.18 bits per heavy atom. The molecule has 0 spiro atoms. The van der Waals surface area contributed by atoms with Crippen LogP contribution in [0, 0.1) is 11.8 Å². The van der Waals surface area contributed by atoms with Gasteiger partial charge in [0.05, 0.1) is 5.38 Å². The third-order valence-electron chi connectivity index (χ3n) is 5.70. The lowest BCUT2D eigenvalue weighted by Gasteiger charge is -2.43. The van der Waals surface area contributed by atoms with E-state index < -0.39 is 0 Å². The van der Waals surface area contributed by atoms with Crippen molar-refractivity contribution in [1.29, 1.82) is 0 Å². The normalized spacial score (nSPS) is 38.7. The molecule has 1 saturated carbocycles. The first kappa shape index (κ1) is 16.5. The molecule has 3 rings (SSSR count). The van der Waals surface area contributed by atoms with Gasteiger partial charge in [0.2, 0.25) is 0 Å². The number of alkyl halides is 1. The van der Waals surface area contributed by atoms with E-state index in [0.717, 1.165) is 38.0 Å². The summed E-state index contributed by atoms with van der Waals surface area (Å²) in [6.45, 7) is 8.30. The van der Waals surface area contributed by atoms with Crippen molar-refractivity contribution >= 4 is 17.5 Å². The maximum absolute atomic E-state index is 12.0. The van der Waals surface area contributed by atoms with Crippen LogP contribution in [0.15, 0.2) is 0 Å². The summed E-state index contributed by atoms with van der Waals surface area (Å²) in [4.78, 5) is 16.9. The van der Waals surface area contributed by atoms with Gasteiger partial charge in [-0.15, -0.1) is 11.6 Å². The van der Waals surface area contributed by atoms with E-state index in [4.69, 9.17) is 11.6 Å². The summed E-state index contributed by atoms with van der Waals surface area (Å²) < 4.78 is 0. The zero-order valence-corrected chi connectivity index (χ0v) is 14.3. The van der Waals surface area contributed by atoms with Crippen molar-refractivity contribution in [3.05, 3.63) is 0 Å². The maximum Gasteiger partial charge on any atom is 0.253 e.